The van der Waals surface area contributed by atoms with Crippen molar-refractivity contribution in [1.82, 2.24) is 4.57 Å². The maximum absolute atomic E-state index is 10.7. The normalized spacial score (nSPS) is 12.6. The maximum Gasteiger partial charge on any atom is 0.0891 e. The number of hydrogen-bond acceptors (Lipinski definition) is 2. The molecule has 0 bridgehead atoms. The van der Waals surface area contributed by atoms with Crippen LogP contribution in [-0.4, -0.2) is 22.3 Å². The predicted molar refractivity (Wildman–Crippen MR) is 131 cm³/mol. The number of fused-ring (bicyclic) bond motifs is 3. The Balaban J connectivity index is 1.64. The fraction of sp³-hybridized carbons (Fsp3) is 0.143. The number of nitrogens with one attached hydrogen (secondary N) is 1. The number of nitrogens with zero attached hydrogens (tertiary/aromatic N) is 1. The third kappa shape index (κ3) is 4.21. The fourth-order valence-corrected chi connectivity index (χ4v) is 4.53. The zero-order valence-corrected chi connectivity index (χ0v) is 19.4. The van der Waals surface area contributed by atoms with E-state index in [2.05, 4.69) is 91.5 Å². The van der Waals surface area contributed by atoms with Crippen LogP contribution >= 0.6 is 56.8 Å². The minimum Gasteiger partial charge on any atom is -0.389 e. The average molecular weight is 603 g/mol. The molecule has 27 heavy (non-hydrogen) atoms. The third-order valence-corrected chi connectivity index (χ3v) is 6.13. The first kappa shape index (κ1) is 19.3. The van der Waals surface area contributed by atoms with Crippen molar-refractivity contribution in [3.8, 4) is 0 Å². The van der Waals surface area contributed by atoms with Crippen molar-refractivity contribution in [3.63, 3.8) is 0 Å². The van der Waals surface area contributed by atoms with Crippen LogP contribution < -0.4 is 5.32 Å². The van der Waals surface area contributed by atoms with Gasteiger partial charge in [0.1, 0.15) is 0 Å². The number of aliphatic hydroxyl groups is 1. The Labute approximate surface area is 190 Å². The molecule has 0 aliphatic rings. The molecular weight excluding hydrogens is 586 g/mol. The predicted octanol–water partition coefficient (Wildman–Crippen LogP) is 6.13. The van der Waals surface area contributed by atoms with Gasteiger partial charge in [-0.2, -0.15) is 0 Å². The molecule has 2 N–H and O–H groups in total. The highest BCUT2D eigenvalue weighted by Gasteiger charge is 2.14. The SMILES string of the molecule is O[C@@H](CNc1cccc(Cl)c1)Cn1c2ccc(I)cc2c2cc(I)ccc21. The van der Waals surface area contributed by atoms with Crippen LogP contribution in [0.5, 0.6) is 0 Å². The quantitative estimate of drug-likeness (QED) is 0.270. The largest absolute Gasteiger partial charge is 0.389 e. The molecule has 0 saturated heterocycles. The van der Waals surface area contributed by atoms with Crippen molar-refractivity contribution in [1.29, 1.82) is 0 Å². The molecule has 0 amide bonds. The van der Waals surface area contributed by atoms with Crippen LogP contribution in [0.4, 0.5) is 5.69 Å². The van der Waals surface area contributed by atoms with E-state index in [4.69, 9.17) is 11.6 Å². The van der Waals surface area contributed by atoms with Gasteiger partial charge in [0.15, 0.2) is 0 Å². The molecule has 0 aliphatic heterocycles. The molecule has 1 heterocycles. The highest BCUT2D eigenvalue weighted by atomic mass is 127. The molecule has 3 aromatic carbocycles. The first-order valence-electron chi connectivity index (χ1n) is 8.56. The Morgan fingerprint density at radius 1 is 0.926 bits per heavy atom. The molecule has 0 fully saturated rings. The summed E-state index contributed by atoms with van der Waals surface area (Å²) in [5.41, 5.74) is 3.20. The second-order valence-electron chi connectivity index (χ2n) is 6.48. The number of halogens is 3. The minimum atomic E-state index is -0.527. The summed E-state index contributed by atoms with van der Waals surface area (Å²) in [5, 5.41) is 17.1. The van der Waals surface area contributed by atoms with E-state index in [0.29, 0.717) is 18.1 Å². The van der Waals surface area contributed by atoms with Gasteiger partial charge in [-0.05, 0) is 99.8 Å². The molecule has 4 aromatic rings. The summed E-state index contributed by atoms with van der Waals surface area (Å²) in [6.07, 6.45) is -0.527. The van der Waals surface area contributed by atoms with Crippen molar-refractivity contribution in [2.24, 2.45) is 0 Å². The van der Waals surface area contributed by atoms with E-state index in [1.807, 2.05) is 24.3 Å². The number of benzene rings is 3. The first-order valence-corrected chi connectivity index (χ1v) is 11.1. The monoisotopic (exact) mass is 602 g/mol. The summed E-state index contributed by atoms with van der Waals surface area (Å²) in [4.78, 5) is 0. The van der Waals surface area contributed by atoms with Gasteiger partial charge in [-0.25, -0.2) is 0 Å². The number of anilines is 1. The number of rotatable bonds is 5. The molecule has 0 unspecified atom stereocenters. The molecule has 0 aliphatic carbocycles. The molecule has 138 valence electrons. The Morgan fingerprint density at radius 2 is 1.56 bits per heavy atom. The van der Waals surface area contributed by atoms with E-state index in [1.165, 1.54) is 17.9 Å². The number of aromatic nitrogens is 1. The topological polar surface area (TPSA) is 37.2 Å². The summed E-state index contributed by atoms with van der Waals surface area (Å²) in [5.74, 6) is 0. The van der Waals surface area contributed by atoms with Gasteiger partial charge < -0.3 is 15.0 Å². The lowest BCUT2D eigenvalue weighted by atomic mass is 10.2. The summed E-state index contributed by atoms with van der Waals surface area (Å²) >= 11 is 10.7. The van der Waals surface area contributed by atoms with E-state index in [-0.39, 0.29) is 0 Å². The molecule has 1 aromatic heterocycles. The van der Waals surface area contributed by atoms with Gasteiger partial charge in [-0.15, -0.1) is 0 Å². The van der Waals surface area contributed by atoms with Crippen LogP contribution in [0.2, 0.25) is 5.02 Å². The third-order valence-electron chi connectivity index (χ3n) is 4.55. The maximum atomic E-state index is 10.7. The Bertz CT molecular complexity index is 1070. The second-order valence-corrected chi connectivity index (χ2v) is 9.41. The van der Waals surface area contributed by atoms with Crippen LogP contribution in [0.25, 0.3) is 21.8 Å². The molecule has 0 saturated carbocycles. The highest BCUT2D eigenvalue weighted by molar-refractivity contribution is 14.1. The minimum absolute atomic E-state index is 0.455. The van der Waals surface area contributed by atoms with E-state index in [1.54, 1.807) is 0 Å². The standard InChI is InChI=1S/C21H17ClI2N2O/c22-13-2-1-3-16(8-13)25-11-17(27)12-26-20-6-4-14(23)9-18(20)19-10-15(24)5-7-21(19)26/h1-10,17,25,27H,11-12H2/t17-/m0/s1. The highest BCUT2D eigenvalue weighted by Crippen LogP contribution is 2.31. The lowest BCUT2D eigenvalue weighted by Crippen LogP contribution is -2.24. The number of hydrogen-bond donors (Lipinski definition) is 2. The fourth-order valence-electron chi connectivity index (χ4n) is 3.35. The van der Waals surface area contributed by atoms with Crippen LogP contribution in [0, 0.1) is 7.14 Å². The number of aliphatic hydroxyl groups excluding tert-OH is 1. The molecule has 3 nitrogen and oxygen atoms in total. The van der Waals surface area contributed by atoms with E-state index < -0.39 is 6.10 Å². The van der Waals surface area contributed by atoms with Crippen LogP contribution in [0.15, 0.2) is 60.7 Å². The lowest BCUT2D eigenvalue weighted by molar-refractivity contribution is 0.169. The summed E-state index contributed by atoms with van der Waals surface area (Å²) in [6.45, 7) is 0.977. The van der Waals surface area contributed by atoms with Crippen LogP contribution in [-0.2, 0) is 6.54 Å². The second kappa shape index (κ2) is 8.14. The summed E-state index contributed by atoms with van der Waals surface area (Å²) in [7, 11) is 0. The molecule has 6 heteroatoms. The Morgan fingerprint density at radius 3 is 2.15 bits per heavy atom. The van der Waals surface area contributed by atoms with Gasteiger partial charge in [-0.1, -0.05) is 17.7 Å². The van der Waals surface area contributed by atoms with E-state index in [0.717, 1.165) is 16.7 Å². The zero-order valence-electron chi connectivity index (χ0n) is 14.3. The molecular formula is C21H17ClI2N2O. The van der Waals surface area contributed by atoms with Gasteiger partial charge >= 0.3 is 0 Å². The Kier molecular flexibility index (Phi) is 5.82. The van der Waals surface area contributed by atoms with Gasteiger partial charge in [0, 0.05) is 46.2 Å². The van der Waals surface area contributed by atoms with Gasteiger partial charge in [0.25, 0.3) is 0 Å². The van der Waals surface area contributed by atoms with Gasteiger partial charge in [-0.3, -0.25) is 0 Å². The Hall–Kier alpha value is -1.03. The molecule has 1 atom stereocenters. The van der Waals surface area contributed by atoms with Crippen LogP contribution in [0.1, 0.15) is 0 Å². The van der Waals surface area contributed by atoms with Crippen molar-refractivity contribution in [2.45, 2.75) is 12.6 Å². The van der Waals surface area contributed by atoms with E-state index >= 15 is 0 Å². The first-order chi connectivity index (χ1) is 13.0. The summed E-state index contributed by atoms with van der Waals surface area (Å²) in [6, 6.07) is 20.5. The average Bonchev–Trinajstić information content (AvgIpc) is 2.92. The molecule has 4 rings (SSSR count). The van der Waals surface area contributed by atoms with Crippen molar-refractivity contribution in [2.75, 3.05) is 11.9 Å². The lowest BCUT2D eigenvalue weighted by Gasteiger charge is -2.16. The zero-order chi connectivity index (χ0) is 19.0. The van der Waals surface area contributed by atoms with Crippen molar-refractivity contribution >= 4 is 84.3 Å². The van der Waals surface area contributed by atoms with Crippen molar-refractivity contribution < 1.29 is 5.11 Å². The van der Waals surface area contributed by atoms with Crippen molar-refractivity contribution in [3.05, 3.63) is 72.8 Å². The summed E-state index contributed by atoms with van der Waals surface area (Å²) < 4.78 is 4.63. The van der Waals surface area contributed by atoms with E-state index in [9.17, 15) is 5.11 Å². The van der Waals surface area contributed by atoms with Crippen LogP contribution in [0.3, 0.4) is 0 Å². The molecule has 0 spiro atoms. The smallest absolute Gasteiger partial charge is 0.0891 e. The molecule has 0 radical (unpaired) electrons. The van der Waals surface area contributed by atoms with Gasteiger partial charge in [0.05, 0.1) is 12.6 Å². The van der Waals surface area contributed by atoms with Gasteiger partial charge in [0.2, 0.25) is 0 Å².